The van der Waals surface area contributed by atoms with E-state index in [9.17, 15) is 24.9 Å². The van der Waals surface area contributed by atoms with E-state index in [1.54, 1.807) is 32.1 Å². The lowest BCUT2D eigenvalue weighted by Crippen LogP contribution is -2.32. The first-order chi connectivity index (χ1) is 14.2. The van der Waals surface area contributed by atoms with Crippen molar-refractivity contribution in [1.82, 2.24) is 0 Å². The molecule has 1 aliphatic rings. The minimum atomic E-state index is -1.55. The number of carbonyl (C=O) groups excluding carboxylic acids is 2. The average Bonchev–Trinajstić information content (AvgIpc) is 2.70. The molecule has 1 aliphatic heterocycles. The highest BCUT2D eigenvalue weighted by Crippen LogP contribution is 2.31. The molecule has 1 aromatic carbocycles. The summed E-state index contributed by atoms with van der Waals surface area (Å²) in [4.78, 5) is 26.9. The molecule has 0 amide bonds. The monoisotopic (exact) mass is 417 g/mol. The summed E-state index contributed by atoms with van der Waals surface area (Å²) in [6.07, 6.45) is 2.45. The predicted molar refractivity (Wildman–Crippen MR) is 116 cm³/mol. The van der Waals surface area contributed by atoms with Crippen molar-refractivity contribution in [3.63, 3.8) is 0 Å². The van der Waals surface area contributed by atoms with Gasteiger partial charge in [0.1, 0.15) is 23.5 Å². The van der Waals surface area contributed by atoms with Gasteiger partial charge in [0, 0.05) is 30.8 Å². The van der Waals surface area contributed by atoms with Crippen LogP contribution >= 0.6 is 0 Å². The van der Waals surface area contributed by atoms with Crippen molar-refractivity contribution in [2.75, 3.05) is 18.0 Å². The minimum absolute atomic E-state index is 0.00253. The van der Waals surface area contributed by atoms with Crippen LogP contribution in [0.3, 0.4) is 0 Å². The van der Waals surface area contributed by atoms with Gasteiger partial charge in [0.2, 0.25) is 0 Å². The lowest BCUT2D eigenvalue weighted by Gasteiger charge is -2.24. The average molecular weight is 418 g/mol. The number of benzene rings is 1. The highest BCUT2D eigenvalue weighted by atomic mass is 16.5. The van der Waals surface area contributed by atoms with E-state index in [4.69, 9.17) is 4.74 Å². The molecule has 0 saturated carbocycles. The number of phenolic OH excluding ortho intramolecular Hbond substituents is 1. The first-order valence-corrected chi connectivity index (χ1v) is 10.3. The third-order valence-corrected chi connectivity index (χ3v) is 5.39. The van der Waals surface area contributed by atoms with Crippen molar-refractivity contribution in [1.29, 1.82) is 0 Å². The molecular weight excluding hydrogens is 386 g/mol. The number of rotatable bonds is 3. The van der Waals surface area contributed by atoms with Crippen LogP contribution in [0.25, 0.3) is 6.08 Å². The Hall–Kier alpha value is -2.64. The second kappa shape index (κ2) is 10.4. The minimum Gasteiger partial charge on any atom is -0.507 e. The number of ketones is 1. The maximum atomic E-state index is 12.8. The van der Waals surface area contributed by atoms with E-state index in [0.29, 0.717) is 5.56 Å². The number of anilines is 1. The van der Waals surface area contributed by atoms with E-state index in [1.807, 2.05) is 18.7 Å². The Morgan fingerprint density at radius 1 is 1.10 bits per heavy atom. The summed E-state index contributed by atoms with van der Waals surface area (Å²) in [5, 5.41) is 30.8. The molecule has 0 saturated heterocycles. The van der Waals surface area contributed by atoms with Gasteiger partial charge in [0.25, 0.3) is 0 Å². The van der Waals surface area contributed by atoms with Gasteiger partial charge in [-0.25, -0.2) is 4.79 Å². The number of hydrogen-bond acceptors (Lipinski definition) is 7. The van der Waals surface area contributed by atoms with Crippen molar-refractivity contribution in [2.24, 2.45) is 5.92 Å². The fourth-order valence-electron chi connectivity index (χ4n) is 3.25. The summed E-state index contributed by atoms with van der Waals surface area (Å²) in [7, 11) is 0. The number of carbonyl (C=O) groups is 2. The molecule has 4 atom stereocenters. The SMILES string of the molecule is CCN(CC)c1cc(O)c2c(c1)/C=C/C[C@H](O)[C@H](O)C(=O)/C=C\[C@@H](C)[C@H](C)OC2=O. The summed E-state index contributed by atoms with van der Waals surface area (Å²) in [6, 6.07) is 3.31. The van der Waals surface area contributed by atoms with E-state index < -0.39 is 30.1 Å². The summed E-state index contributed by atoms with van der Waals surface area (Å²) >= 11 is 0. The molecule has 7 nitrogen and oxygen atoms in total. The van der Waals surface area contributed by atoms with Crippen LogP contribution in [0.4, 0.5) is 5.69 Å². The van der Waals surface area contributed by atoms with E-state index in [-0.39, 0.29) is 23.7 Å². The number of hydrogen-bond donors (Lipinski definition) is 3. The van der Waals surface area contributed by atoms with Gasteiger partial charge in [-0.15, -0.1) is 0 Å². The lowest BCUT2D eigenvalue weighted by atomic mass is 9.99. The largest absolute Gasteiger partial charge is 0.507 e. The van der Waals surface area contributed by atoms with Gasteiger partial charge in [-0.3, -0.25) is 4.79 Å². The molecule has 164 valence electrons. The van der Waals surface area contributed by atoms with Crippen LogP contribution in [0.2, 0.25) is 0 Å². The van der Waals surface area contributed by atoms with Crippen LogP contribution in [-0.4, -0.2) is 58.5 Å². The first-order valence-electron chi connectivity index (χ1n) is 10.3. The molecule has 0 radical (unpaired) electrons. The maximum absolute atomic E-state index is 12.8. The highest BCUT2D eigenvalue weighted by Gasteiger charge is 2.25. The molecule has 0 fully saturated rings. The second-order valence-electron chi connectivity index (χ2n) is 7.48. The van der Waals surface area contributed by atoms with Gasteiger partial charge in [-0.05, 0) is 44.9 Å². The Balaban J connectivity index is 2.55. The van der Waals surface area contributed by atoms with E-state index >= 15 is 0 Å². The Labute approximate surface area is 177 Å². The van der Waals surface area contributed by atoms with Crippen LogP contribution in [0, 0.1) is 5.92 Å². The number of aromatic hydroxyl groups is 1. The summed E-state index contributed by atoms with van der Waals surface area (Å²) in [6.45, 7) is 8.86. The number of nitrogens with zero attached hydrogens (tertiary/aromatic N) is 1. The summed E-state index contributed by atoms with van der Waals surface area (Å²) < 4.78 is 5.53. The second-order valence-corrected chi connectivity index (χ2v) is 7.48. The standard InChI is InChI=1S/C23H31NO6/c1-5-24(6-2)17-12-16-8-7-9-18(25)22(28)19(26)11-10-14(3)15(4)30-23(29)21(16)20(27)13-17/h7-8,10-15,18,22,25,27-28H,5-6,9H2,1-4H3/b8-7+,11-10-/t14-,15+,18+,22+/m1/s1. The van der Waals surface area contributed by atoms with E-state index in [1.165, 1.54) is 18.2 Å². The van der Waals surface area contributed by atoms with Gasteiger partial charge < -0.3 is 25.0 Å². The van der Waals surface area contributed by atoms with Crippen molar-refractivity contribution in [3.05, 3.63) is 41.5 Å². The molecule has 7 heteroatoms. The van der Waals surface area contributed by atoms with Crippen LogP contribution < -0.4 is 4.90 Å². The van der Waals surface area contributed by atoms with Crippen LogP contribution in [0.1, 0.15) is 50.0 Å². The highest BCUT2D eigenvalue weighted by molar-refractivity contribution is 5.98. The molecule has 0 spiro atoms. The van der Waals surface area contributed by atoms with Gasteiger partial charge >= 0.3 is 5.97 Å². The molecule has 1 heterocycles. The molecule has 3 N–H and O–H groups in total. The van der Waals surface area contributed by atoms with Crippen LogP contribution in [-0.2, 0) is 9.53 Å². The lowest BCUT2D eigenvalue weighted by molar-refractivity contribution is -0.127. The van der Waals surface area contributed by atoms with Crippen molar-refractivity contribution in [2.45, 2.75) is 52.4 Å². The molecule has 30 heavy (non-hydrogen) atoms. The number of aliphatic hydroxyl groups is 2. The van der Waals surface area contributed by atoms with E-state index in [0.717, 1.165) is 18.8 Å². The number of aliphatic hydroxyl groups excluding tert-OH is 2. The Morgan fingerprint density at radius 3 is 2.40 bits per heavy atom. The zero-order valence-electron chi connectivity index (χ0n) is 17.9. The smallest absolute Gasteiger partial charge is 0.342 e. The Bertz CT molecular complexity index is 827. The topological polar surface area (TPSA) is 107 Å². The summed E-state index contributed by atoms with van der Waals surface area (Å²) in [5.41, 5.74) is 1.21. The molecular formula is C23H31NO6. The normalized spacial score (nSPS) is 27.5. The fraction of sp³-hybridized carbons (Fsp3) is 0.478. The van der Waals surface area contributed by atoms with Crippen molar-refractivity contribution >= 4 is 23.5 Å². The summed E-state index contributed by atoms with van der Waals surface area (Å²) in [5.74, 6) is -1.79. The van der Waals surface area contributed by atoms with Crippen LogP contribution in [0.15, 0.2) is 30.4 Å². The van der Waals surface area contributed by atoms with Gasteiger partial charge in [0.15, 0.2) is 5.78 Å². The van der Waals surface area contributed by atoms with Crippen LogP contribution in [0.5, 0.6) is 5.75 Å². The zero-order chi connectivity index (χ0) is 22.4. The number of fused-ring (bicyclic) bond motifs is 1. The van der Waals surface area contributed by atoms with Crippen molar-refractivity contribution in [3.8, 4) is 5.75 Å². The molecule has 1 aromatic rings. The zero-order valence-corrected chi connectivity index (χ0v) is 17.9. The fourth-order valence-corrected chi connectivity index (χ4v) is 3.25. The maximum Gasteiger partial charge on any atom is 0.342 e. The van der Waals surface area contributed by atoms with E-state index in [2.05, 4.69) is 0 Å². The van der Waals surface area contributed by atoms with Crippen molar-refractivity contribution < 1.29 is 29.6 Å². The molecule has 0 aliphatic carbocycles. The molecule has 0 aromatic heterocycles. The molecule has 0 bridgehead atoms. The quantitative estimate of drug-likeness (QED) is 0.649. The Kier molecular flexibility index (Phi) is 8.20. The third kappa shape index (κ3) is 5.49. The molecule has 0 unspecified atom stereocenters. The van der Waals surface area contributed by atoms with Gasteiger partial charge in [0.05, 0.1) is 6.10 Å². The third-order valence-electron chi connectivity index (χ3n) is 5.39. The number of esters is 1. The molecule has 2 rings (SSSR count). The first kappa shape index (κ1) is 23.6. The van der Waals surface area contributed by atoms with Gasteiger partial charge in [-0.1, -0.05) is 25.2 Å². The Morgan fingerprint density at radius 2 is 1.77 bits per heavy atom. The number of cyclic esters (lactones) is 1. The predicted octanol–water partition coefficient (Wildman–Crippen LogP) is 2.68. The van der Waals surface area contributed by atoms with Gasteiger partial charge in [-0.2, -0.15) is 0 Å². The number of ether oxygens (including phenoxy) is 1. The number of phenols is 1.